The normalized spacial score (nSPS) is 11.7. The molecular formula is C9H9FN2O5. The minimum atomic E-state index is -1.07. The first-order chi connectivity index (χ1) is 7.95. The monoisotopic (exact) mass is 244 g/mol. The second-order valence-corrected chi connectivity index (χ2v) is 3.02. The lowest BCUT2D eigenvalue weighted by molar-refractivity contribution is -0.386. The topological polar surface area (TPSA) is 91.6 Å². The summed E-state index contributed by atoms with van der Waals surface area (Å²) in [6.45, 7) is 1.33. The Morgan fingerprint density at radius 2 is 2.29 bits per heavy atom. The molecule has 1 atom stereocenters. The lowest BCUT2D eigenvalue weighted by Gasteiger charge is -2.11. The van der Waals surface area contributed by atoms with Gasteiger partial charge in [0.1, 0.15) is 5.82 Å². The molecule has 1 aromatic rings. The maximum absolute atomic E-state index is 12.8. The second kappa shape index (κ2) is 5.19. The first kappa shape index (κ1) is 12.8. The van der Waals surface area contributed by atoms with Crippen molar-refractivity contribution in [1.29, 1.82) is 0 Å². The fraction of sp³-hybridized carbons (Fsp3) is 0.333. The molecule has 1 rings (SSSR count). The average molecular weight is 244 g/mol. The Kier molecular flexibility index (Phi) is 3.91. The van der Waals surface area contributed by atoms with Gasteiger partial charge in [-0.1, -0.05) is 0 Å². The minimum absolute atomic E-state index is 0.436. The summed E-state index contributed by atoms with van der Waals surface area (Å²) in [5, 5.41) is 10.6. The van der Waals surface area contributed by atoms with E-state index in [1.165, 1.54) is 6.92 Å². The molecule has 0 bridgehead atoms. The highest BCUT2D eigenvalue weighted by atomic mass is 19.1. The van der Waals surface area contributed by atoms with E-state index in [-0.39, 0.29) is 0 Å². The molecule has 92 valence electrons. The predicted molar refractivity (Wildman–Crippen MR) is 53.0 cm³/mol. The fourth-order valence-corrected chi connectivity index (χ4v) is 1.02. The van der Waals surface area contributed by atoms with Crippen LogP contribution in [0.5, 0.6) is 5.88 Å². The van der Waals surface area contributed by atoms with E-state index in [9.17, 15) is 19.3 Å². The summed E-state index contributed by atoms with van der Waals surface area (Å²) >= 11 is 0. The van der Waals surface area contributed by atoms with Gasteiger partial charge in [0, 0.05) is 0 Å². The van der Waals surface area contributed by atoms with Crippen molar-refractivity contribution in [3.8, 4) is 5.88 Å². The maximum Gasteiger partial charge on any atom is 0.346 e. The molecule has 8 heteroatoms. The van der Waals surface area contributed by atoms with Crippen LogP contribution in [0.4, 0.5) is 10.1 Å². The van der Waals surface area contributed by atoms with Gasteiger partial charge >= 0.3 is 11.7 Å². The highest BCUT2D eigenvalue weighted by Gasteiger charge is 2.23. The lowest BCUT2D eigenvalue weighted by atomic mass is 10.4. The van der Waals surface area contributed by atoms with Crippen LogP contribution >= 0.6 is 0 Å². The van der Waals surface area contributed by atoms with Crippen LogP contribution in [0.15, 0.2) is 12.3 Å². The summed E-state index contributed by atoms with van der Waals surface area (Å²) in [4.78, 5) is 24.2. The SMILES string of the molecule is COC(=O)[C@@H](C)Oc1ncc(F)cc1[N+](=O)[O-]. The molecule has 0 saturated carbocycles. The number of esters is 1. The van der Waals surface area contributed by atoms with Gasteiger partial charge < -0.3 is 9.47 Å². The number of methoxy groups -OCH3 is 1. The van der Waals surface area contributed by atoms with Gasteiger partial charge in [0.25, 0.3) is 5.88 Å². The molecule has 0 amide bonds. The van der Waals surface area contributed by atoms with E-state index in [1.807, 2.05) is 0 Å². The van der Waals surface area contributed by atoms with Crippen LogP contribution in [0.3, 0.4) is 0 Å². The van der Waals surface area contributed by atoms with Crippen molar-refractivity contribution >= 4 is 11.7 Å². The van der Waals surface area contributed by atoms with E-state index in [0.717, 1.165) is 13.3 Å². The third kappa shape index (κ3) is 3.10. The number of hydrogen-bond acceptors (Lipinski definition) is 6. The first-order valence-corrected chi connectivity index (χ1v) is 4.50. The summed E-state index contributed by atoms with van der Waals surface area (Å²) < 4.78 is 22.0. The molecule has 0 fully saturated rings. The van der Waals surface area contributed by atoms with Crippen molar-refractivity contribution in [1.82, 2.24) is 4.98 Å². The second-order valence-electron chi connectivity index (χ2n) is 3.02. The van der Waals surface area contributed by atoms with E-state index in [0.29, 0.717) is 6.07 Å². The van der Waals surface area contributed by atoms with Gasteiger partial charge in [0.2, 0.25) is 0 Å². The molecule has 7 nitrogen and oxygen atoms in total. The number of halogens is 1. The van der Waals surface area contributed by atoms with E-state index in [1.54, 1.807) is 0 Å². The zero-order valence-electron chi connectivity index (χ0n) is 9.05. The van der Waals surface area contributed by atoms with Crippen LogP contribution < -0.4 is 4.74 Å². The van der Waals surface area contributed by atoms with Crippen LogP contribution in [0, 0.1) is 15.9 Å². The van der Waals surface area contributed by atoms with Crippen molar-refractivity contribution in [3.63, 3.8) is 0 Å². The van der Waals surface area contributed by atoms with E-state index < -0.39 is 34.4 Å². The smallest absolute Gasteiger partial charge is 0.346 e. The van der Waals surface area contributed by atoms with Crippen molar-refractivity contribution in [2.75, 3.05) is 7.11 Å². The zero-order valence-corrected chi connectivity index (χ0v) is 9.05. The zero-order chi connectivity index (χ0) is 13.0. The predicted octanol–water partition coefficient (Wildman–Crippen LogP) is 1.07. The van der Waals surface area contributed by atoms with Gasteiger partial charge in [-0.2, -0.15) is 0 Å². The molecule has 0 N–H and O–H groups in total. The van der Waals surface area contributed by atoms with Gasteiger partial charge in [-0.05, 0) is 6.92 Å². The summed E-state index contributed by atoms with van der Waals surface area (Å²) in [7, 11) is 1.15. The number of carbonyl (C=O) groups excluding carboxylic acids is 1. The molecule has 0 aliphatic rings. The van der Waals surface area contributed by atoms with Gasteiger partial charge in [0.05, 0.1) is 24.3 Å². The van der Waals surface area contributed by atoms with Gasteiger partial charge in [0.15, 0.2) is 6.10 Å². The van der Waals surface area contributed by atoms with Crippen LogP contribution in [0.25, 0.3) is 0 Å². The number of hydrogen-bond donors (Lipinski definition) is 0. The van der Waals surface area contributed by atoms with Gasteiger partial charge in [-0.15, -0.1) is 0 Å². The average Bonchev–Trinajstić information content (AvgIpc) is 2.29. The molecule has 1 heterocycles. The molecule has 0 saturated heterocycles. The maximum atomic E-state index is 12.8. The van der Waals surface area contributed by atoms with Crippen molar-refractivity contribution in [2.24, 2.45) is 0 Å². The Labute approximate surface area is 95.3 Å². The quantitative estimate of drug-likeness (QED) is 0.447. The Hall–Kier alpha value is -2.25. The highest BCUT2D eigenvalue weighted by Crippen LogP contribution is 2.25. The van der Waals surface area contributed by atoms with Gasteiger partial charge in [-0.25, -0.2) is 14.2 Å². The molecule has 0 radical (unpaired) electrons. The molecule has 0 aliphatic heterocycles. The standard InChI is InChI=1S/C9H9FN2O5/c1-5(9(13)16-2)17-8-7(12(14)15)3-6(10)4-11-8/h3-5H,1-2H3/t5-/m1/s1. The highest BCUT2D eigenvalue weighted by molar-refractivity contribution is 5.74. The molecule has 0 spiro atoms. The number of pyridine rings is 1. The number of rotatable bonds is 4. The fourth-order valence-electron chi connectivity index (χ4n) is 1.02. The first-order valence-electron chi connectivity index (χ1n) is 4.50. The van der Waals surface area contributed by atoms with Crippen molar-refractivity contribution in [3.05, 3.63) is 28.2 Å². The largest absolute Gasteiger partial charge is 0.466 e. The van der Waals surface area contributed by atoms with Gasteiger partial charge in [-0.3, -0.25) is 10.1 Å². The number of nitrogens with zero attached hydrogens (tertiary/aromatic N) is 2. The van der Waals surface area contributed by atoms with Crippen LogP contribution in [0.1, 0.15) is 6.92 Å². The summed E-state index contributed by atoms with van der Waals surface area (Å²) in [6, 6.07) is 0.659. The van der Waals surface area contributed by atoms with Crippen LogP contribution in [-0.2, 0) is 9.53 Å². The van der Waals surface area contributed by atoms with Crippen LogP contribution in [-0.4, -0.2) is 29.1 Å². The Bertz CT molecular complexity index is 451. The molecule has 1 aromatic heterocycles. The summed E-state index contributed by atoms with van der Waals surface area (Å²) in [6.07, 6.45) is -0.316. The lowest BCUT2D eigenvalue weighted by Crippen LogP contribution is -2.25. The Morgan fingerprint density at radius 3 is 2.82 bits per heavy atom. The van der Waals surface area contributed by atoms with Crippen molar-refractivity contribution < 1.29 is 23.6 Å². The summed E-state index contributed by atoms with van der Waals surface area (Å²) in [5.41, 5.74) is -0.652. The Morgan fingerprint density at radius 1 is 1.65 bits per heavy atom. The Balaban J connectivity index is 2.98. The van der Waals surface area contributed by atoms with Crippen LogP contribution in [0.2, 0.25) is 0 Å². The number of ether oxygens (including phenoxy) is 2. The number of carbonyl (C=O) groups is 1. The van der Waals surface area contributed by atoms with Crippen molar-refractivity contribution in [2.45, 2.75) is 13.0 Å². The third-order valence-corrected chi connectivity index (χ3v) is 1.82. The molecule has 0 aliphatic carbocycles. The molecular weight excluding hydrogens is 235 g/mol. The molecule has 0 aromatic carbocycles. The summed E-state index contributed by atoms with van der Waals surface area (Å²) in [5.74, 6) is -2.02. The molecule has 0 unspecified atom stereocenters. The number of nitro groups is 1. The number of aromatic nitrogens is 1. The van der Waals surface area contributed by atoms with E-state index >= 15 is 0 Å². The third-order valence-electron chi connectivity index (χ3n) is 1.82. The van der Waals surface area contributed by atoms with E-state index in [4.69, 9.17) is 4.74 Å². The molecule has 17 heavy (non-hydrogen) atoms. The minimum Gasteiger partial charge on any atom is -0.466 e. The van der Waals surface area contributed by atoms with E-state index in [2.05, 4.69) is 9.72 Å².